The lowest BCUT2D eigenvalue weighted by Gasteiger charge is -2.03. The zero-order chi connectivity index (χ0) is 10.8. The molecule has 1 aromatic carbocycles. The molecule has 2 nitrogen and oxygen atoms in total. The number of hydrogen-bond acceptors (Lipinski definition) is 3. The normalized spacial score (nSPS) is 13.2. The fourth-order valence-corrected chi connectivity index (χ4v) is 2.70. The third kappa shape index (κ3) is 2.29. The smallest absolute Gasteiger partial charge is 0.0941 e. The molecule has 0 amide bonds. The van der Waals surface area contributed by atoms with Crippen LogP contribution >= 0.6 is 11.3 Å². The highest BCUT2D eigenvalue weighted by Crippen LogP contribution is 2.26. The second-order valence-electron chi connectivity index (χ2n) is 4.05. The molecule has 1 aromatic heterocycles. The Balaban J connectivity index is 2.30. The highest BCUT2D eigenvalue weighted by molar-refractivity contribution is 7.18. The van der Waals surface area contributed by atoms with E-state index in [4.69, 9.17) is 5.73 Å². The average Bonchev–Trinajstić information content (AvgIpc) is 2.59. The summed E-state index contributed by atoms with van der Waals surface area (Å²) in [5, 5.41) is 1.23. The van der Waals surface area contributed by atoms with Crippen molar-refractivity contribution in [3.8, 4) is 0 Å². The fraction of sp³-hybridized carbons (Fsp3) is 0.417. The fourth-order valence-electron chi connectivity index (χ4n) is 1.52. The van der Waals surface area contributed by atoms with E-state index in [1.165, 1.54) is 16.1 Å². The van der Waals surface area contributed by atoms with Crippen molar-refractivity contribution < 1.29 is 0 Å². The molecular formula is C12H16N2S. The van der Waals surface area contributed by atoms with E-state index in [0.29, 0.717) is 5.92 Å². The Labute approximate surface area is 94.1 Å². The largest absolute Gasteiger partial charge is 0.399 e. The molecule has 0 aliphatic carbocycles. The summed E-state index contributed by atoms with van der Waals surface area (Å²) in [6.45, 7) is 4.48. The van der Waals surface area contributed by atoms with Gasteiger partial charge in [-0.3, -0.25) is 0 Å². The van der Waals surface area contributed by atoms with Gasteiger partial charge in [-0.15, -0.1) is 11.3 Å². The van der Waals surface area contributed by atoms with Crippen LogP contribution in [0.25, 0.3) is 10.2 Å². The van der Waals surface area contributed by atoms with Gasteiger partial charge in [0.25, 0.3) is 0 Å². The summed E-state index contributed by atoms with van der Waals surface area (Å²) in [5.74, 6) is 0.711. The number of rotatable bonds is 3. The first-order chi connectivity index (χ1) is 7.19. The molecule has 0 spiro atoms. The lowest BCUT2D eigenvalue weighted by Crippen LogP contribution is -1.96. The molecule has 0 radical (unpaired) electrons. The molecule has 3 heteroatoms. The molecule has 1 unspecified atom stereocenters. The van der Waals surface area contributed by atoms with E-state index in [9.17, 15) is 0 Å². The van der Waals surface area contributed by atoms with Crippen molar-refractivity contribution in [2.45, 2.75) is 26.7 Å². The monoisotopic (exact) mass is 220 g/mol. The predicted octanol–water partition coefficient (Wildman–Crippen LogP) is 3.47. The Morgan fingerprint density at radius 1 is 1.47 bits per heavy atom. The van der Waals surface area contributed by atoms with Crippen molar-refractivity contribution in [2.24, 2.45) is 5.92 Å². The highest BCUT2D eigenvalue weighted by Gasteiger charge is 2.07. The van der Waals surface area contributed by atoms with Crippen LogP contribution in [0.5, 0.6) is 0 Å². The molecule has 15 heavy (non-hydrogen) atoms. The molecule has 0 aliphatic heterocycles. The van der Waals surface area contributed by atoms with Gasteiger partial charge in [0.05, 0.1) is 15.2 Å². The van der Waals surface area contributed by atoms with Gasteiger partial charge in [0.1, 0.15) is 0 Å². The van der Waals surface area contributed by atoms with E-state index < -0.39 is 0 Å². The molecule has 1 heterocycles. The summed E-state index contributed by atoms with van der Waals surface area (Å²) < 4.78 is 1.20. The van der Waals surface area contributed by atoms with Gasteiger partial charge < -0.3 is 5.73 Å². The first-order valence-corrected chi connectivity index (χ1v) is 6.15. The number of fused-ring (bicyclic) bond motifs is 1. The number of aromatic nitrogens is 1. The number of anilines is 1. The molecular weight excluding hydrogens is 204 g/mol. The summed E-state index contributed by atoms with van der Waals surface area (Å²) in [5.41, 5.74) is 7.64. The van der Waals surface area contributed by atoms with Gasteiger partial charge in [-0.25, -0.2) is 4.98 Å². The van der Waals surface area contributed by atoms with Crippen molar-refractivity contribution in [1.29, 1.82) is 0 Å². The lowest BCUT2D eigenvalue weighted by atomic mass is 10.1. The van der Waals surface area contributed by atoms with Crippen LogP contribution in [-0.4, -0.2) is 4.98 Å². The van der Waals surface area contributed by atoms with E-state index in [0.717, 1.165) is 17.6 Å². The van der Waals surface area contributed by atoms with Crippen LogP contribution in [0.15, 0.2) is 18.2 Å². The number of nitrogens with zero attached hydrogens (tertiary/aromatic N) is 1. The minimum absolute atomic E-state index is 0.711. The van der Waals surface area contributed by atoms with Gasteiger partial charge in [-0.05, 0) is 24.1 Å². The van der Waals surface area contributed by atoms with E-state index in [1.807, 2.05) is 18.2 Å². The van der Waals surface area contributed by atoms with Gasteiger partial charge in [0.2, 0.25) is 0 Å². The Morgan fingerprint density at radius 2 is 2.27 bits per heavy atom. The number of hydrogen-bond donors (Lipinski definition) is 1. The van der Waals surface area contributed by atoms with Crippen LogP contribution in [0.1, 0.15) is 25.3 Å². The van der Waals surface area contributed by atoms with E-state index in [1.54, 1.807) is 11.3 Å². The van der Waals surface area contributed by atoms with E-state index in [-0.39, 0.29) is 0 Å². The van der Waals surface area contributed by atoms with Crippen LogP contribution in [0.2, 0.25) is 0 Å². The van der Waals surface area contributed by atoms with Gasteiger partial charge in [-0.2, -0.15) is 0 Å². The summed E-state index contributed by atoms with van der Waals surface area (Å²) in [4.78, 5) is 4.60. The van der Waals surface area contributed by atoms with Gasteiger partial charge in [0.15, 0.2) is 0 Å². The van der Waals surface area contributed by atoms with E-state index >= 15 is 0 Å². The van der Waals surface area contributed by atoms with E-state index in [2.05, 4.69) is 18.8 Å². The topological polar surface area (TPSA) is 38.9 Å². The molecule has 0 saturated carbocycles. The molecule has 80 valence electrons. The van der Waals surface area contributed by atoms with Crippen LogP contribution in [-0.2, 0) is 6.42 Å². The predicted molar refractivity (Wildman–Crippen MR) is 67.2 cm³/mol. The van der Waals surface area contributed by atoms with Gasteiger partial charge in [-0.1, -0.05) is 20.3 Å². The Bertz CT molecular complexity index is 462. The maximum Gasteiger partial charge on any atom is 0.0941 e. The second kappa shape index (κ2) is 4.19. The van der Waals surface area contributed by atoms with Crippen molar-refractivity contribution in [2.75, 3.05) is 5.73 Å². The summed E-state index contributed by atoms with van der Waals surface area (Å²) in [6, 6.07) is 5.92. The Morgan fingerprint density at radius 3 is 3.00 bits per heavy atom. The van der Waals surface area contributed by atoms with Gasteiger partial charge in [0, 0.05) is 12.1 Å². The van der Waals surface area contributed by atoms with Crippen molar-refractivity contribution in [3.05, 3.63) is 23.2 Å². The minimum Gasteiger partial charge on any atom is -0.399 e. The number of thiazole rings is 1. The average molecular weight is 220 g/mol. The van der Waals surface area contributed by atoms with Crippen LogP contribution in [0.4, 0.5) is 5.69 Å². The van der Waals surface area contributed by atoms with Crippen LogP contribution < -0.4 is 5.73 Å². The van der Waals surface area contributed by atoms with Gasteiger partial charge >= 0.3 is 0 Å². The molecule has 2 rings (SSSR count). The van der Waals surface area contributed by atoms with Crippen molar-refractivity contribution in [3.63, 3.8) is 0 Å². The Kier molecular flexibility index (Phi) is 2.91. The van der Waals surface area contributed by atoms with Crippen LogP contribution in [0.3, 0.4) is 0 Å². The number of benzene rings is 1. The minimum atomic E-state index is 0.711. The SMILES string of the molecule is CCC(C)Cc1nc2ccc(N)cc2s1. The summed E-state index contributed by atoms with van der Waals surface area (Å²) >= 11 is 1.76. The molecule has 0 saturated heterocycles. The molecule has 0 bridgehead atoms. The molecule has 1 atom stereocenters. The quantitative estimate of drug-likeness (QED) is 0.804. The summed E-state index contributed by atoms with van der Waals surface area (Å²) in [6.07, 6.45) is 2.29. The zero-order valence-corrected chi connectivity index (χ0v) is 9.97. The zero-order valence-electron chi connectivity index (χ0n) is 9.16. The Hall–Kier alpha value is -1.09. The third-order valence-corrected chi connectivity index (χ3v) is 3.72. The van der Waals surface area contributed by atoms with Crippen molar-refractivity contribution in [1.82, 2.24) is 4.98 Å². The highest BCUT2D eigenvalue weighted by atomic mass is 32.1. The number of nitrogens with two attached hydrogens (primary N) is 1. The lowest BCUT2D eigenvalue weighted by molar-refractivity contribution is 0.559. The van der Waals surface area contributed by atoms with Crippen molar-refractivity contribution >= 4 is 27.2 Å². The maximum absolute atomic E-state index is 5.74. The first kappa shape index (κ1) is 10.4. The molecule has 2 N–H and O–H groups in total. The molecule has 0 aliphatic rings. The third-order valence-electron chi connectivity index (χ3n) is 2.68. The summed E-state index contributed by atoms with van der Waals surface area (Å²) in [7, 11) is 0. The number of nitrogen functional groups attached to an aromatic ring is 1. The second-order valence-corrected chi connectivity index (χ2v) is 5.17. The standard InChI is InChI=1S/C12H16N2S/c1-3-8(2)6-12-14-10-5-4-9(13)7-11(10)15-12/h4-5,7-8H,3,6,13H2,1-2H3. The van der Waals surface area contributed by atoms with Crippen LogP contribution in [0, 0.1) is 5.92 Å². The maximum atomic E-state index is 5.74. The molecule has 2 aromatic rings. The molecule has 0 fully saturated rings. The first-order valence-electron chi connectivity index (χ1n) is 5.34.